The van der Waals surface area contributed by atoms with Crippen molar-refractivity contribution in [2.45, 2.75) is 25.9 Å². The number of halogens is 1. The monoisotopic (exact) mass is 322 g/mol. The van der Waals surface area contributed by atoms with E-state index >= 15 is 0 Å². The van der Waals surface area contributed by atoms with Crippen molar-refractivity contribution in [2.24, 2.45) is 5.92 Å². The lowest BCUT2D eigenvalue weighted by Gasteiger charge is -2.31. The van der Waals surface area contributed by atoms with Crippen LogP contribution in [0.4, 0.5) is 5.13 Å². The molecule has 1 fully saturated rings. The number of piperidine rings is 1. The molecule has 2 heterocycles. The molecule has 112 valence electrons. The van der Waals surface area contributed by atoms with Gasteiger partial charge in [0.05, 0.1) is 11.5 Å². The first kappa shape index (κ1) is 14.8. The van der Waals surface area contributed by atoms with E-state index in [0.717, 1.165) is 35.4 Å². The van der Waals surface area contributed by atoms with E-state index in [1.54, 1.807) is 0 Å². The van der Waals surface area contributed by atoms with Crippen molar-refractivity contribution in [3.8, 4) is 0 Å². The van der Waals surface area contributed by atoms with Gasteiger partial charge in [-0.2, -0.15) is 0 Å². The molecule has 1 aromatic heterocycles. The van der Waals surface area contributed by atoms with E-state index in [0.29, 0.717) is 5.15 Å². The van der Waals surface area contributed by atoms with Crippen LogP contribution in [-0.2, 0) is 13.0 Å². The molecule has 2 aromatic rings. The van der Waals surface area contributed by atoms with E-state index in [-0.39, 0.29) is 6.61 Å². The second-order valence-electron chi connectivity index (χ2n) is 5.49. The Hall–Kier alpha value is -1.10. The van der Waals surface area contributed by atoms with Gasteiger partial charge in [-0.25, -0.2) is 4.98 Å². The maximum Gasteiger partial charge on any atom is 0.187 e. The van der Waals surface area contributed by atoms with Gasteiger partial charge in [0.15, 0.2) is 5.13 Å². The minimum absolute atomic E-state index is 0.0268. The summed E-state index contributed by atoms with van der Waals surface area (Å²) in [6.45, 7) is 2.01. The smallest absolute Gasteiger partial charge is 0.187 e. The Kier molecular flexibility index (Phi) is 4.78. The summed E-state index contributed by atoms with van der Waals surface area (Å²) in [7, 11) is 0. The van der Waals surface area contributed by atoms with E-state index in [1.807, 2.05) is 0 Å². The number of hydrogen-bond donors (Lipinski definition) is 1. The number of anilines is 1. The summed E-state index contributed by atoms with van der Waals surface area (Å²) < 4.78 is 0. The van der Waals surface area contributed by atoms with Crippen molar-refractivity contribution in [1.29, 1.82) is 0 Å². The molecule has 0 aliphatic carbocycles. The first-order valence-corrected chi connectivity index (χ1v) is 8.50. The van der Waals surface area contributed by atoms with Crippen LogP contribution in [0.25, 0.3) is 0 Å². The van der Waals surface area contributed by atoms with E-state index in [4.69, 9.17) is 11.6 Å². The molecular weight excluding hydrogens is 304 g/mol. The van der Waals surface area contributed by atoms with Crippen LogP contribution in [0.3, 0.4) is 0 Å². The summed E-state index contributed by atoms with van der Waals surface area (Å²) in [6.07, 6.45) is 3.52. The molecule has 1 saturated heterocycles. The van der Waals surface area contributed by atoms with Crippen molar-refractivity contribution in [2.75, 3.05) is 18.0 Å². The molecule has 1 N–H and O–H groups in total. The van der Waals surface area contributed by atoms with Gasteiger partial charge < -0.3 is 10.0 Å². The standard InChI is InChI=1S/C16H19ClN2OS/c17-15-14(11-20)21-16(18-15)19-8-6-13(7-9-19)10-12-4-2-1-3-5-12/h1-5,13,20H,6-11H2. The lowest BCUT2D eigenvalue weighted by Crippen LogP contribution is -2.34. The molecule has 0 spiro atoms. The Morgan fingerprint density at radius 3 is 2.57 bits per heavy atom. The van der Waals surface area contributed by atoms with Crippen LogP contribution in [0.1, 0.15) is 23.3 Å². The second-order valence-corrected chi connectivity index (χ2v) is 6.91. The van der Waals surface area contributed by atoms with Gasteiger partial charge in [-0.15, -0.1) is 0 Å². The van der Waals surface area contributed by atoms with Crippen LogP contribution >= 0.6 is 22.9 Å². The van der Waals surface area contributed by atoms with Gasteiger partial charge in [0.25, 0.3) is 0 Å². The molecule has 1 aliphatic rings. The molecule has 21 heavy (non-hydrogen) atoms. The molecule has 0 saturated carbocycles. The third-order valence-electron chi connectivity index (χ3n) is 4.03. The average molecular weight is 323 g/mol. The Morgan fingerprint density at radius 1 is 1.24 bits per heavy atom. The molecule has 1 aliphatic heterocycles. The maximum absolute atomic E-state index is 9.20. The minimum Gasteiger partial charge on any atom is -0.391 e. The number of aliphatic hydroxyl groups is 1. The number of nitrogens with zero attached hydrogens (tertiary/aromatic N) is 2. The molecule has 0 unspecified atom stereocenters. The van der Waals surface area contributed by atoms with Crippen molar-refractivity contribution in [3.05, 3.63) is 45.9 Å². The molecule has 0 radical (unpaired) electrons. The van der Waals surface area contributed by atoms with Crippen LogP contribution in [0.5, 0.6) is 0 Å². The van der Waals surface area contributed by atoms with E-state index < -0.39 is 0 Å². The van der Waals surface area contributed by atoms with Crippen LogP contribution in [-0.4, -0.2) is 23.2 Å². The lowest BCUT2D eigenvalue weighted by molar-refractivity contribution is 0.285. The topological polar surface area (TPSA) is 36.4 Å². The second kappa shape index (κ2) is 6.77. The largest absolute Gasteiger partial charge is 0.391 e. The molecule has 5 heteroatoms. The quantitative estimate of drug-likeness (QED) is 0.931. The van der Waals surface area contributed by atoms with Gasteiger partial charge >= 0.3 is 0 Å². The summed E-state index contributed by atoms with van der Waals surface area (Å²) in [6, 6.07) is 10.7. The van der Waals surface area contributed by atoms with E-state index in [9.17, 15) is 5.11 Å². The summed E-state index contributed by atoms with van der Waals surface area (Å²) in [4.78, 5) is 7.42. The molecular formula is C16H19ClN2OS. The number of aliphatic hydroxyl groups excluding tert-OH is 1. The fraction of sp³-hybridized carbons (Fsp3) is 0.438. The summed E-state index contributed by atoms with van der Waals surface area (Å²) in [5, 5.41) is 10.6. The number of hydrogen-bond acceptors (Lipinski definition) is 4. The first-order chi connectivity index (χ1) is 10.3. The van der Waals surface area contributed by atoms with Crippen LogP contribution < -0.4 is 4.90 Å². The molecule has 0 amide bonds. The summed E-state index contributed by atoms with van der Waals surface area (Å²) in [5.74, 6) is 0.747. The highest BCUT2D eigenvalue weighted by atomic mass is 35.5. The molecule has 3 nitrogen and oxygen atoms in total. The van der Waals surface area contributed by atoms with E-state index in [1.165, 1.54) is 29.7 Å². The first-order valence-electron chi connectivity index (χ1n) is 7.31. The number of aromatic nitrogens is 1. The van der Waals surface area contributed by atoms with E-state index in [2.05, 4.69) is 40.2 Å². The van der Waals surface area contributed by atoms with Gasteiger partial charge in [0.2, 0.25) is 0 Å². The normalized spacial score (nSPS) is 16.4. The Morgan fingerprint density at radius 2 is 1.95 bits per heavy atom. The Balaban J connectivity index is 1.57. The molecule has 0 bridgehead atoms. The third kappa shape index (κ3) is 3.57. The fourth-order valence-electron chi connectivity index (χ4n) is 2.83. The van der Waals surface area contributed by atoms with Gasteiger partial charge in [0, 0.05) is 13.1 Å². The van der Waals surface area contributed by atoms with Crippen LogP contribution in [0.2, 0.25) is 5.15 Å². The highest BCUT2D eigenvalue weighted by Crippen LogP contribution is 2.32. The average Bonchev–Trinajstić information content (AvgIpc) is 2.90. The van der Waals surface area contributed by atoms with Crippen molar-refractivity contribution < 1.29 is 5.11 Å². The molecule has 1 aromatic carbocycles. The summed E-state index contributed by atoms with van der Waals surface area (Å²) in [5.41, 5.74) is 1.43. The number of thiazole rings is 1. The van der Waals surface area contributed by atoms with Gasteiger partial charge in [0.1, 0.15) is 5.15 Å². The van der Waals surface area contributed by atoms with Crippen LogP contribution in [0.15, 0.2) is 30.3 Å². The SMILES string of the molecule is OCc1sc(N2CCC(Cc3ccccc3)CC2)nc1Cl. The highest BCUT2D eigenvalue weighted by molar-refractivity contribution is 7.16. The fourth-order valence-corrected chi connectivity index (χ4v) is 4.00. The predicted molar refractivity (Wildman–Crippen MR) is 88.1 cm³/mol. The van der Waals surface area contributed by atoms with Crippen molar-refractivity contribution >= 4 is 28.1 Å². The van der Waals surface area contributed by atoms with Gasteiger partial charge in [-0.05, 0) is 30.7 Å². The predicted octanol–water partition coefficient (Wildman–Crippen LogP) is 3.75. The minimum atomic E-state index is -0.0268. The zero-order chi connectivity index (χ0) is 14.7. The highest BCUT2D eigenvalue weighted by Gasteiger charge is 2.22. The zero-order valence-corrected chi connectivity index (χ0v) is 13.4. The lowest BCUT2D eigenvalue weighted by atomic mass is 9.90. The molecule has 0 atom stereocenters. The number of benzene rings is 1. The van der Waals surface area contributed by atoms with Gasteiger partial charge in [-0.1, -0.05) is 53.3 Å². The Labute approximate surface area is 134 Å². The maximum atomic E-state index is 9.20. The van der Waals surface area contributed by atoms with Crippen molar-refractivity contribution in [3.63, 3.8) is 0 Å². The van der Waals surface area contributed by atoms with Gasteiger partial charge in [-0.3, -0.25) is 0 Å². The summed E-state index contributed by atoms with van der Waals surface area (Å²) >= 11 is 7.52. The number of rotatable bonds is 4. The molecule has 3 rings (SSSR count). The van der Waals surface area contributed by atoms with Crippen molar-refractivity contribution in [1.82, 2.24) is 4.98 Å². The van der Waals surface area contributed by atoms with Crippen LogP contribution in [0, 0.1) is 5.92 Å². The Bertz CT molecular complexity index is 579. The third-order valence-corrected chi connectivity index (χ3v) is 5.56. The zero-order valence-electron chi connectivity index (χ0n) is 11.8.